The molecular weight excluding hydrogens is 492 g/mol. The summed E-state index contributed by atoms with van der Waals surface area (Å²) in [6.07, 6.45) is 0. The van der Waals surface area contributed by atoms with Gasteiger partial charge in [0.15, 0.2) is 11.5 Å². The van der Waals surface area contributed by atoms with Gasteiger partial charge in [0.2, 0.25) is 0 Å². The summed E-state index contributed by atoms with van der Waals surface area (Å²) in [5.74, 6) is -0.584. The van der Waals surface area contributed by atoms with Gasteiger partial charge in [0.25, 0.3) is 6.47 Å². The van der Waals surface area contributed by atoms with E-state index in [2.05, 4.69) is 4.74 Å². The van der Waals surface area contributed by atoms with Crippen molar-refractivity contribution in [3.63, 3.8) is 0 Å². The fourth-order valence-corrected chi connectivity index (χ4v) is 3.25. The van der Waals surface area contributed by atoms with Crippen LogP contribution in [0.5, 0.6) is 11.5 Å². The highest BCUT2D eigenvalue weighted by atomic mass is 16.6. The minimum absolute atomic E-state index is 0.179. The molecule has 0 aromatic heterocycles. The molecule has 0 amide bonds. The molecule has 3 aromatic carbocycles. The average molecular weight is 523 g/mol. The number of ether oxygens (including phenoxy) is 5. The standard InChI is InChI=1S/C29H30O9/c1-29(19-30,20-34-21-31)28(33)36-15-14-35-27(32)24-12-13-25(37-17-22-8-4-2-5-9-22)26(16-24)38-18-23-10-6-3-7-11-23/h2-13,16,21,30H,14-15,17-20H2,1H3. The first-order valence-electron chi connectivity index (χ1n) is 11.9. The number of aliphatic hydroxyl groups is 1. The van der Waals surface area contributed by atoms with E-state index < -0.39 is 24.0 Å². The Hall–Kier alpha value is -4.37. The average Bonchev–Trinajstić information content (AvgIpc) is 2.96. The molecule has 0 aliphatic rings. The van der Waals surface area contributed by atoms with Gasteiger partial charge in [0, 0.05) is 0 Å². The first-order valence-corrected chi connectivity index (χ1v) is 11.9. The molecule has 0 bridgehead atoms. The lowest BCUT2D eigenvalue weighted by atomic mass is 9.93. The largest absolute Gasteiger partial charge is 0.485 e. The van der Waals surface area contributed by atoms with Crippen molar-refractivity contribution in [3.8, 4) is 11.5 Å². The maximum atomic E-state index is 12.6. The Bertz CT molecular complexity index is 1180. The summed E-state index contributed by atoms with van der Waals surface area (Å²) in [6.45, 7) is 0.794. The molecule has 0 radical (unpaired) electrons. The molecule has 0 saturated carbocycles. The summed E-state index contributed by atoms with van der Waals surface area (Å²) < 4.78 is 26.8. The van der Waals surface area contributed by atoms with E-state index in [1.54, 1.807) is 12.1 Å². The predicted molar refractivity (Wildman–Crippen MR) is 136 cm³/mol. The summed E-state index contributed by atoms with van der Waals surface area (Å²) in [7, 11) is 0. The number of carbonyl (C=O) groups excluding carboxylic acids is 3. The summed E-state index contributed by atoms with van der Waals surface area (Å²) in [5.41, 5.74) is 0.746. The first-order chi connectivity index (χ1) is 18.4. The van der Waals surface area contributed by atoms with Crippen molar-refractivity contribution in [1.29, 1.82) is 0 Å². The Morgan fingerprint density at radius 3 is 1.97 bits per heavy atom. The van der Waals surface area contributed by atoms with Crippen molar-refractivity contribution in [2.24, 2.45) is 5.41 Å². The Morgan fingerprint density at radius 1 is 0.816 bits per heavy atom. The molecule has 1 atom stereocenters. The second-order valence-electron chi connectivity index (χ2n) is 8.61. The molecule has 0 aliphatic carbocycles. The van der Waals surface area contributed by atoms with Crippen LogP contribution in [0, 0.1) is 5.41 Å². The van der Waals surface area contributed by atoms with Gasteiger partial charge in [0.05, 0.1) is 12.2 Å². The fourth-order valence-electron chi connectivity index (χ4n) is 3.25. The van der Waals surface area contributed by atoms with E-state index in [0.29, 0.717) is 18.1 Å². The van der Waals surface area contributed by atoms with E-state index >= 15 is 0 Å². The number of rotatable bonds is 15. The number of carbonyl (C=O) groups is 3. The van der Waals surface area contributed by atoms with Gasteiger partial charge in [0.1, 0.15) is 38.4 Å². The van der Waals surface area contributed by atoms with Crippen LogP contribution in [0.1, 0.15) is 28.4 Å². The zero-order valence-electron chi connectivity index (χ0n) is 21.0. The molecule has 9 nitrogen and oxygen atoms in total. The second kappa shape index (κ2) is 14.4. The van der Waals surface area contributed by atoms with E-state index in [4.69, 9.17) is 18.9 Å². The third-order valence-corrected chi connectivity index (χ3v) is 5.52. The molecule has 0 aliphatic heterocycles. The van der Waals surface area contributed by atoms with Crippen molar-refractivity contribution in [2.75, 3.05) is 26.4 Å². The topological polar surface area (TPSA) is 118 Å². The highest BCUT2D eigenvalue weighted by Crippen LogP contribution is 2.30. The third kappa shape index (κ3) is 8.35. The molecule has 9 heteroatoms. The molecule has 200 valence electrons. The highest BCUT2D eigenvalue weighted by Gasteiger charge is 2.35. The van der Waals surface area contributed by atoms with Crippen molar-refractivity contribution >= 4 is 18.4 Å². The van der Waals surface area contributed by atoms with Gasteiger partial charge in [-0.1, -0.05) is 60.7 Å². The van der Waals surface area contributed by atoms with Gasteiger partial charge < -0.3 is 28.8 Å². The van der Waals surface area contributed by atoms with Crippen LogP contribution < -0.4 is 9.47 Å². The van der Waals surface area contributed by atoms with Gasteiger partial charge in [-0.2, -0.15) is 0 Å². The van der Waals surface area contributed by atoms with Gasteiger partial charge >= 0.3 is 11.9 Å². The van der Waals surface area contributed by atoms with Crippen molar-refractivity contribution in [1.82, 2.24) is 0 Å². The maximum Gasteiger partial charge on any atom is 0.338 e. The summed E-state index contributed by atoms with van der Waals surface area (Å²) in [6, 6.07) is 24.0. The molecule has 1 N–H and O–H groups in total. The van der Waals surface area contributed by atoms with Gasteiger partial charge in [-0.05, 0) is 36.2 Å². The van der Waals surface area contributed by atoms with E-state index in [0.717, 1.165) is 11.1 Å². The molecule has 3 rings (SSSR count). The van der Waals surface area contributed by atoms with E-state index in [9.17, 15) is 19.5 Å². The van der Waals surface area contributed by atoms with Crippen molar-refractivity contribution in [3.05, 3.63) is 95.6 Å². The second-order valence-corrected chi connectivity index (χ2v) is 8.61. The lowest BCUT2D eigenvalue weighted by Gasteiger charge is -2.23. The van der Waals surface area contributed by atoms with Gasteiger partial charge in [-0.15, -0.1) is 0 Å². The van der Waals surface area contributed by atoms with E-state index in [1.807, 2.05) is 60.7 Å². The third-order valence-electron chi connectivity index (χ3n) is 5.52. The minimum Gasteiger partial charge on any atom is -0.485 e. The molecule has 1 unspecified atom stereocenters. The van der Waals surface area contributed by atoms with Crippen LogP contribution in [0.2, 0.25) is 0 Å². The SMILES string of the molecule is CC(CO)(COC=O)C(=O)OCCOC(=O)c1ccc(OCc2ccccc2)c(OCc2ccccc2)c1. The lowest BCUT2D eigenvalue weighted by Crippen LogP contribution is -2.38. The van der Waals surface area contributed by atoms with Crippen LogP contribution >= 0.6 is 0 Å². The van der Waals surface area contributed by atoms with Crippen LogP contribution in [-0.4, -0.2) is 49.9 Å². The Kier molecular flexibility index (Phi) is 10.7. The first kappa shape index (κ1) is 28.2. The van der Waals surface area contributed by atoms with Crippen LogP contribution in [-0.2, 0) is 37.0 Å². The van der Waals surface area contributed by atoms with Crippen LogP contribution in [0.4, 0.5) is 0 Å². The number of benzene rings is 3. The summed E-state index contributed by atoms with van der Waals surface area (Å²) >= 11 is 0. The number of esters is 2. The Morgan fingerprint density at radius 2 is 1.39 bits per heavy atom. The lowest BCUT2D eigenvalue weighted by molar-refractivity contribution is -0.163. The zero-order chi connectivity index (χ0) is 27.2. The van der Waals surface area contributed by atoms with Crippen molar-refractivity contribution in [2.45, 2.75) is 20.1 Å². The molecule has 38 heavy (non-hydrogen) atoms. The van der Waals surface area contributed by atoms with Crippen molar-refractivity contribution < 1.29 is 43.2 Å². The summed E-state index contributed by atoms with van der Waals surface area (Å²) in [4.78, 5) is 35.2. The number of aliphatic hydroxyl groups excluding tert-OH is 1. The Balaban J connectivity index is 1.61. The molecule has 0 heterocycles. The monoisotopic (exact) mass is 522 g/mol. The molecule has 0 spiro atoms. The molecular formula is C29H30O9. The van der Waals surface area contributed by atoms with Gasteiger partial charge in [-0.25, -0.2) is 4.79 Å². The van der Waals surface area contributed by atoms with E-state index in [-0.39, 0.29) is 38.5 Å². The maximum absolute atomic E-state index is 12.6. The van der Waals surface area contributed by atoms with E-state index in [1.165, 1.54) is 13.0 Å². The fraction of sp³-hybridized carbons (Fsp3) is 0.276. The zero-order valence-corrected chi connectivity index (χ0v) is 21.0. The summed E-state index contributed by atoms with van der Waals surface area (Å²) in [5, 5.41) is 9.44. The molecule has 0 saturated heterocycles. The smallest absolute Gasteiger partial charge is 0.338 e. The minimum atomic E-state index is -1.41. The quantitative estimate of drug-likeness (QED) is 0.138. The van der Waals surface area contributed by atoms with Crippen LogP contribution in [0.15, 0.2) is 78.9 Å². The number of hydrogen-bond donors (Lipinski definition) is 1. The highest BCUT2D eigenvalue weighted by molar-refractivity contribution is 5.90. The van der Waals surface area contributed by atoms with Crippen LogP contribution in [0.25, 0.3) is 0 Å². The predicted octanol–water partition coefficient (Wildman–Crippen LogP) is 3.72. The Labute approximate surface area is 220 Å². The normalized spacial score (nSPS) is 12.1. The van der Waals surface area contributed by atoms with Crippen LogP contribution in [0.3, 0.4) is 0 Å². The van der Waals surface area contributed by atoms with Gasteiger partial charge in [-0.3, -0.25) is 9.59 Å². The molecule has 0 fully saturated rings. The molecule has 3 aromatic rings. The number of hydrogen-bond acceptors (Lipinski definition) is 9.